The number of thioether (sulfide) groups is 1. The van der Waals surface area contributed by atoms with E-state index >= 15 is 0 Å². The Bertz CT molecular complexity index is 942. The monoisotopic (exact) mass is 385 g/mol. The van der Waals surface area contributed by atoms with E-state index < -0.39 is 0 Å². The summed E-state index contributed by atoms with van der Waals surface area (Å²) >= 11 is 1.29. The van der Waals surface area contributed by atoms with Gasteiger partial charge in [0.1, 0.15) is 5.82 Å². The van der Waals surface area contributed by atoms with Gasteiger partial charge in [0.25, 0.3) is 0 Å². The van der Waals surface area contributed by atoms with Crippen molar-refractivity contribution in [1.82, 2.24) is 25.5 Å². The molecule has 0 aliphatic rings. The number of carbonyl (C=O) groups is 1. The van der Waals surface area contributed by atoms with Crippen molar-refractivity contribution < 1.29 is 9.18 Å². The Morgan fingerprint density at radius 3 is 2.67 bits per heavy atom. The number of hydrogen-bond acceptors (Lipinski definition) is 5. The number of benzene rings is 2. The number of aromatic nitrogens is 4. The van der Waals surface area contributed by atoms with Gasteiger partial charge in [-0.3, -0.25) is 4.79 Å². The van der Waals surface area contributed by atoms with E-state index in [0.717, 1.165) is 22.4 Å². The number of amides is 1. The number of rotatable bonds is 6. The van der Waals surface area contributed by atoms with Gasteiger partial charge in [0.05, 0.1) is 10.9 Å². The standard InChI is InChI=1S/C19H20FN5OS/c1-12-4-9-17(13(2)10-12)25-19(22-23-24-25)27-14(3)18(26)21-11-15-5-7-16(20)8-6-15/h4-10,14H,11H2,1-3H3,(H,21,26). The average Bonchev–Trinajstić information content (AvgIpc) is 3.08. The smallest absolute Gasteiger partial charge is 0.233 e. The molecule has 3 rings (SSSR count). The van der Waals surface area contributed by atoms with Gasteiger partial charge < -0.3 is 5.32 Å². The highest BCUT2D eigenvalue weighted by molar-refractivity contribution is 8.00. The molecule has 6 nitrogen and oxygen atoms in total. The van der Waals surface area contributed by atoms with Crippen LogP contribution in [-0.4, -0.2) is 31.4 Å². The third-order valence-corrected chi connectivity index (χ3v) is 5.09. The Hall–Kier alpha value is -2.74. The molecule has 1 unspecified atom stereocenters. The summed E-state index contributed by atoms with van der Waals surface area (Å²) in [7, 11) is 0. The number of nitrogens with one attached hydrogen (secondary N) is 1. The van der Waals surface area contributed by atoms with Crippen LogP contribution in [0.15, 0.2) is 47.6 Å². The van der Waals surface area contributed by atoms with Crippen LogP contribution in [0.5, 0.6) is 0 Å². The SMILES string of the molecule is Cc1ccc(-n2nnnc2SC(C)C(=O)NCc2ccc(F)cc2)c(C)c1. The fourth-order valence-electron chi connectivity index (χ4n) is 2.59. The summed E-state index contributed by atoms with van der Waals surface area (Å²) in [6, 6.07) is 12.1. The number of halogens is 1. The minimum atomic E-state index is -0.388. The van der Waals surface area contributed by atoms with Gasteiger partial charge in [-0.1, -0.05) is 41.6 Å². The van der Waals surface area contributed by atoms with Gasteiger partial charge in [-0.25, -0.2) is 4.39 Å². The second kappa shape index (κ2) is 8.30. The zero-order chi connectivity index (χ0) is 19.4. The van der Waals surface area contributed by atoms with Crippen molar-refractivity contribution in [3.63, 3.8) is 0 Å². The molecule has 0 saturated carbocycles. The van der Waals surface area contributed by atoms with E-state index in [1.54, 1.807) is 23.7 Å². The Kier molecular flexibility index (Phi) is 5.85. The first kappa shape index (κ1) is 19.0. The second-order valence-corrected chi connectivity index (χ2v) is 7.58. The molecule has 1 N–H and O–H groups in total. The van der Waals surface area contributed by atoms with Crippen molar-refractivity contribution in [2.75, 3.05) is 0 Å². The lowest BCUT2D eigenvalue weighted by Crippen LogP contribution is -2.30. The highest BCUT2D eigenvalue weighted by atomic mass is 32.2. The van der Waals surface area contributed by atoms with Crippen LogP contribution in [0.4, 0.5) is 4.39 Å². The highest BCUT2D eigenvalue weighted by Gasteiger charge is 2.19. The lowest BCUT2D eigenvalue weighted by Gasteiger charge is -2.13. The molecule has 140 valence electrons. The molecule has 2 aromatic carbocycles. The lowest BCUT2D eigenvalue weighted by molar-refractivity contribution is -0.120. The highest BCUT2D eigenvalue weighted by Crippen LogP contribution is 2.24. The molecule has 0 aliphatic carbocycles. The molecular formula is C19H20FN5OS. The van der Waals surface area contributed by atoms with Gasteiger partial charge in [-0.05, 0) is 60.5 Å². The van der Waals surface area contributed by atoms with Crippen molar-refractivity contribution in [3.05, 3.63) is 65.0 Å². The first-order valence-corrected chi connectivity index (χ1v) is 9.37. The molecule has 3 aromatic rings. The Morgan fingerprint density at radius 1 is 1.22 bits per heavy atom. The quantitative estimate of drug-likeness (QED) is 0.660. The van der Waals surface area contributed by atoms with E-state index in [4.69, 9.17) is 0 Å². The van der Waals surface area contributed by atoms with E-state index in [1.807, 2.05) is 26.0 Å². The van der Waals surface area contributed by atoms with Crippen molar-refractivity contribution in [1.29, 1.82) is 0 Å². The summed E-state index contributed by atoms with van der Waals surface area (Å²) < 4.78 is 14.6. The summed E-state index contributed by atoms with van der Waals surface area (Å²) in [6.07, 6.45) is 0. The number of carbonyl (C=O) groups excluding carboxylic acids is 1. The van der Waals surface area contributed by atoms with E-state index in [2.05, 4.69) is 26.9 Å². The molecule has 1 heterocycles. The second-order valence-electron chi connectivity index (χ2n) is 6.27. The van der Waals surface area contributed by atoms with Crippen LogP contribution >= 0.6 is 11.8 Å². The minimum absolute atomic E-state index is 0.139. The zero-order valence-corrected chi connectivity index (χ0v) is 16.1. The van der Waals surface area contributed by atoms with Crippen molar-refractivity contribution in [3.8, 4) is 5.69 Å². The van der Waals surface area contributed by atoms with Crippen molar-refractivity contribution in [2.24, 2.45) is 0 Å². The number of aryl methyl sites for hydroxylation is 2. The summed E-state index contributed by atoms with van der Waals surface area (Å²) in [5.41, 5.74) is 3.93. The third kappa shape index (κ3) is 4.71. The van der Waals surface area contributed by atoms with Crippen molar-refractivity contribution >= 4 is 17.7 Å². The minimum Gasteiger partial charge on any atom is -0.351 e. The predicted molar refractivity (Wildman–Crippen MR) is 102 cm³/mol. The van der Waals surface area contributed by atoms with Crippen LogP contribution in [0.2, 0.25) is 0 Å². The van der Waals surface area contributed by atoms with Gasteiger partial charge in [0.15, 0.2) is 0 Å². The molecule has 0 spiro atoms. The van der Waals surface area contributed by atoms with Crippen LogP contribution in [-0.2, 0) is 11.3 Å². The molecule has 0 saturated heterocycles. The van der Waals surface area contributed by atoms with Crippen LogP contribution < -0.4 is 5.32 Å². The fraction of sp³-hybridized carbons (Fsp3) is 0.263. The van der Waals surface area contributed by atoms with Gasteiger partial charge in [-0.15, -0.1) is 5.10 Å². The molecule has 27 heavy (non-hydrogen) atoms. The van der Waals surface area contributed by atoms with Crippen LogP contribution in [0, 0.1) is 19.7 Å². The van der Waals surface area contributed by atoms with Gasteiger partial charge in [0, 0.05) is 6.54 Å². The number of hydrogen-bond donors (Lipinski definition) is 1. The maximum atomic E-state index is 12.9. The third-order valence-electron chi connectivity index (χ3n) is 4.05. The maximum Gasteiger partial charge on any atom is 0.233 e. The Labute approximate surface area is 161 Å². The summed E-state index contributed by atoms with van der Waals surface area (Å²) in [5.74, 6) is -0.438. The Balaban J connectivity index is 1.66. The number of tetrazole rings is 1. The maximum absolute atomic E-state index is 12.9. The van der Waals surface area contributed by atoms with Crippen molar-refractivity contribution in [2.45, 2.75) is 37.7 Å². The predicted octanol–water partition coefficient (Wildman–Crippen LogP) is 3.22. The van der Waals surface area contributed by atoms with Crippen LogP contribution in [0.3, 0.4) is 0 Å². The Morgan fingerprint density at radius 2 is 1.96 bits per heavy atom. The average molecular weight is 385 g/mol. The molecular weight excluding hydrogens is 365 g/mol. The molecule has 0 bridgehead atoms. The molecule has 1 atom stereocenters. The fourth-order valence-corrected chi connectivity index (χ4v) is 3.42. The molecule has 1 amide bonds. The van der Waals surface area contributed by atoms with E-state index in [1.165, 1.54) is 23.9 Å². The lowest BCUT2D eigenvalue weighted by atomic mass is 10.1. The normalized spacial score (nSPS) is 12.0. The zero-order valence-electron chi connectivity index (χ0n) is 15.3. The summed E-state index contributed by atoms with van der Waals surface area (Å²) in [4.78, 5) is 12.4. The van der Waals surface area contributed by atoms with Gasteiger partial charge >= 0.3 is 0 Å². The molecule has 8 heteroatoms. The number of nitrogens with zero attached hydrogens (tertiary/aromatic N) is 4. The van der Waals surface area contributed by atoms with Gasteiger partial charge in [-0.2, -0.15) is 4.68 Å². The first-order chi connectivity index (χ1) is 12.9. The molecule has 1 aromatic heterocycles. The molecule has 0 radical (unpaired) electrons. The summed E-state index contributed by atoms with van der Waals surface area (Å²) in [5, 5.41) is 14.9. The summed E-state index contributed by atoms with van der Waals surface area (Å²) in [6.45, 7) is 6.16. The largest absolute Gasteiger partial charge is 0.351 e. The topological polar surface area (TPSA) is 72.7 Å². The van der Waals surface area contributed by atoms with E-state index in [9.17, 15) is 9.18 Å². The van der Waals surface area contributed by atoms with Crippen LogP contribution in [0.1, 0.15) is 23.6 Å². The van der Waals surface area contributed by atoms with E-state index in [0.29, 0.717) is 11.7 Å². The van der Waals surface area contributed by atoms with Gasteiger partial charge in [0.2, 0.25) is 11.1 Å². The first-order valence-electron chi connectivity index (χ1n) is 8.49. The van der Waals surface area contributed by atoms with E-state index in [-0.39, 0.29) is 17.0 Å². The molecule has 0 fully saturated rings. The van der Waals surface area contributed by atoms with Crippen LogP contribution in [0.25, 0.3) is 5.69 Å². The molecule has 0 aliphatic heterocycles.